The normalized spacial score (nSPS) is 26.9. The minimum absolute atomic E-state index is 0.133. The Bertz CT molecular complexity index is 677. The van der Waals surface area contributed by atoms with Crippen LogP contribution in [-0.2, 0) is 22.4 Å². The highest BCUT2D eigenvalue weighted by molar-refractivity contribution is 5.31. The summed E-state index contributed by atoms with van der Waals surface area (Å²) in [6.07, 6.45) is 10.1. The Hall–Kier alpha value is -2.06. The number of hydrogen-bond donors (Lipinski definition) is 0. The summed E-state index contributed by atoms with van der Waals surface area (Å²) in [5.41, 5.74) is 0.851. The van der Waals surface area contributed by atoms with Crippen LogP contribution in [-0.4, -0.2) is 62.7 Å². The highest BCUT2D eigenvalue weighted by Gasteiger charge is 2.43. The van der Waals surface area contributed by atoms with Gasteiger partial charge in [-0.25, -0.2) is 15.0 Å². The summed E-state index contributed by atoms with van der Waals surface area (Å²) >= 11 is 0. The third-order valence-corrected chi connectivity index (χ3v) is 4.93. The second kappa shape index (κ2) is 7.05. The van der Waals surface area contributed by atoms with Crippen molar-refractivity contribution in [3.63, 3.8) is 0 Å². The van der Waals surface area contributed by atoms with E-state index in [0.717, 1.165) is 50.4 Å². The lowest BCUT2D eigenvalue weighted by molar-refractivity contribution is -0.0807. The summed E-state index contributed by atoms with van der Waals surface area (Å²) in [6.45, 7) is 5.65. The quantitative estimate of drug-likeness (QED) is 0.821. The maximum atomic E-state index is 6.43. The zero-order valence-corrected chi connectivity index (χ0v) is 14.5. The van der Waals surface area contributed by atoms with Gasteiger partial charge in [-0.1, -0.05) is 6.92 Å². The number of aromatic nitrogens is 5. The molecule has 2 aromatic rings. The van der Waals surface area contributed by atoms with Gasteiger partial charge in [-0.2, -0.15) is 5.10 Å². The van der Waals surface area contributed by atoms with E-state index in [1.54, 1.807) is 12.7 Å². The SMILES string of the molecule is CCc1cnc(N2CCOC[C@]3(CC[C@H](Cn4cncn4)O3)C2)nc1. The Morgan fingerprint density at radius 3 is 2.96 bits per heavy atom. The van der Waals surface area contributed by atoms with Gasteiger partial charge in [0.15, 0.2) is 0 Å². The molecule has 25 heavy (non-hydrogen) atoms. The second-order valence-corrected chi connectivity index (χ2v) is 6.80. The molecule has 4 rings (SSSR count). The zero-order valence-electron chi connectivity index (χ0n) is 14.5. The maximum Gasteiger partial charge on any atom is 0.225 e. The molecular weight excluding hydrogens is 320 g/mol. The van der Waals surface area contributed by atoms with Crippen LogP contribution in [0.2, 0.25) is 0 Å². The Labute approximate surface area is 147 Å². The first-order valence-corrected chi connectivity index (χ1v) is 8.90. The molecule has 1 spiro atoms. The lowest BCUT2D eigenvalue weighted by Crippen LogP contribution is -2.45. The predicted octanol–water partition coefficient (Wildman–Crippen LogP) is 1.09. The summed E-state index contributed by atoms with van der Waals surface area (Å²) in [4.78, 5) is 15.2. The van der Waals surface area contributed by atoms with Crippen molar-refractivity contribution >= 4 is 5.95 Å². The maximum absolute atomic E-state index is 6.43. The molecule has 4 heterocycles. The molecule has 2 aliphatic heterocycles. The van der Waals surface area contributed by atoms with E-state index in [0.29, 0.717) is 13.2 Å². The van der Waals surface area contributed by atoms with Crippen LogP contribution >= 0.6 is 0 Å². The third kappa shape index (κ3) is 3.64. The molecule has 8 heteroatoms. The van der Waals surface area contributed by atoms with Crippen molar-refractivity contribution in [2.45, 2.75) is 44.4 Å². The predicted molar refractivity (Wildman–Crippen MR) is 91.3 cm³/mol. The fourth-order valence-electron chi connectivity index (χ4n) is 3.55. The molecule has 2 aromatic heterocycles. The van der Waals surface area contributed by atoms with E-state index >= 15 is 0 Å². The molecule has 2 saturated heterocycles. The number of hydrogen-bond acceptors (Lipinski definition) is 7. The minimum Gasteiger partial charge on any atom is -0.377 e. The van der Waals surface area contributed by atoms with Gasteiger partial charge < -0.3 is 14.4 Å². The monoisotopic (exact) mass is 344 g/mol. The van der Waals surface area contributed by atoms with E-state index in [2.05, 4.69) is 31.9 Å². The summed E-state index contributed by atoms with van der Waals surface area (Å²) < 4.78 is 14.1. The van der Waals surface area contributed by atoms with Crippen molar-refractivity contribution in [1.82, 2.24) is 24.7 Å². The highest BCUT2D eigenvalue weighted by atomic mass is 16.6. The molecule has 0 unspecified atom stereocenters. The fraction of sp³-hybridized carbons (Fsp3) is 0.647. The smallest absolute Gasteiger partial charge is 0.225 e. The summed E-state index contributed by atoms with van der Waals surface area (Å²) in [6, 6.07) is 0. The molecule has 2 aliphatic rings. The Balaban J connectivity index is 1.46. The molecular formula is C17H24N6O2. The second-order valence-electron chi connectivity index (χ2n) is 6.80. The average molecular weight is 344 g/mol. The molecule has 0 amide bonds. The van der Waals surface area contributed by atoms with Crippen molar-refractivity contribution in [2.75, 3.05) is 31.2 Å². The lowest BCUT2D eigenvalue weighted by Gasteiger charge is -2.32. The van der Waals surface area contributed by atoms with Crippen LogP contribution < -0.4 is 4.90 Å². The number of rotatable bonds is 4. The van der Waals surface area contributed by atoms with Crippen LogP contribution in [0.25, 0.3) is 0 Å². The summed E-state index contributed by atoms with van der Waals surface area (Å²) in [5.74, 6) is 0.755. The molecule has 0 N–H and O–H groups in total. The van der Waals surface area contributed by atoms with Crippen LogP contribution in [0.4, 0.5) is 5.95 Å². The van der Waals surface area contributed by atoms with Gasteiger partial charge in [0.1, 0.15) is 18.3 Å². The number of ether oxygens (including phenoxy) is 2. The Kier molecular flexibility index (Phi) is 4.63. The number of aryl methyl sites for hydroxylation is 1. The molecule has 0 radical (unpaired) electrons. The lowest BCUT2D eigenvalue weighted by atomic mass is 10.0. The summed E-state index contributed by atoms with van der Waals surface area (Å²) in [5, 5.41) is 4.17. The topological polar surface area (TPSA) is 78.2 Å². The number of anilines is 1. The van der Waals surface area contributed by atoms with E-state index in [4.69, 9.17) is 9.47 Å². The minimum atomic E-state index is -0.297. The van der Waals surface area contributed by atoms with Gasteiger partial charge in [-0.3, -0.25) is 4.68 Å². The van der Waals surface area contributed by atoms with Gasteiger partial charge in [-0.15, -0.1) is 0 Å². The highest BCUT2D eigenvalue weighted by Crippen LogP contribution is 2.34. The molecule has 0 aromatic carbocycles. The Morgan fingerprint density at radius 2 is 2.20 bits per heavy atom. The molecule has 0 bridgehead atoms. The molecule has 134 valence electrons. The van der Waals surface area contributed by atoms with Gasteiger partial charge in [0.05, 0.1) is 32.4 Å². The van der Waals surface area contributed by atoms with E-state index in [-0.39, 0.29) is 11.7 Å². The van der Waals surface area contributed by atoms with E-state index < -0.39 is 0 Å². The van der Waals surface area contributed by atoms with Crippen LogP contribution in [0.5, 0.6) is 0 Å². The molecule has 0 saturated carbocycles. The van der Waals surface area contributed by atoms with E-state index in [1.165, 1.54) is 0 Å². The van der Waals surface area contributed by atoms with Crippen LogP contribution in [0.1, 0.15) is 25.3 Å². The number of nitrogens with zero attached hydrogens (tertiary/aromatic N) is 6. The van der Waals surface area contributed by atoms with E-state index in [9.17, 15) is 0 Å². The molecule has 8 nitrogen and oxygen atoms in total. The van der Waals surface area contributed by atoms with Crippen LogP contribution in [0.15, 0.2) is 25.0 Å². The first-order chi connectivity index (χ1) is 12.3. The van der Waals surface area contributed by atoms with Crippen molar-refractivity contribution in [1.29, 1.82) is 0 Å². The molecule has 2 atom stereocenters. The van der Waals surface area contributed by atoms with Crippen LogP contribution in [0, 0.1) is 0 Å². The van der Waals surface area contributed by atoms with Crippen molar-refractivity contribution in [3.05, 3.63) is 30.6 Å². The average Bonchev–Trinajstić information content (AvgIpc) is 3.23. The van der Waals surface area contributed by atoms with Crippen molar-refractivity contribution in [2.24, 2.45) is 0 Å². The first-order valence-electron chi connectivity index (χ1n) is 8.90. The van der Waals surface area contributed by atoms with Gasteiger partial charge in [0.25, 0.3) is 0 Å². The zero-order chi connectivity index (χ0) is 17.1. The summed E-state index contributed by atoms with van der Waals surface area (Å²) in [7, 11) is 0. The Morgan fingerprint density at radius 1 is 1.32 bits per heavy atom. The van der Waals surface area contributed by atoms with Crippen LogP contribution in [0.3, 0.4) is 0 Å². The third-order valence-electron chi connectivity index (χ3n) is 4.93. The van der Waals surface area contributed by atoms with Crippen molar-refractivity contribution < 1.29 is 9.47 Å². The standard InChI is InChI=1S/C17H24N6O2/c1-2-14-7-19-16(20-8-14)22-5-6-24-11-17(10-22)4-3-15(25-17)9-23-13-18-12-21-23/h7-8,12-13,15H,2-6,9-11H2,1H3/t15-,17+/m1/s1. The van der Waals surface area contributed by atoms with E-state index in [1.807, 2.05) is 17.1 Å². The first kappa shape index (κ1) is 16.4. The van der Waals surface area contributed by atoms with Gasteiger partial charge in [-0.05, 0) is 24.8 Å². The molecule has 2 fully saturated rings. The molecule has 0 aliphatic carbocycles. The largest absolute Gasteiger partial charge is 0.377 e. The fourth-order valence-corrected chi connectivity index (χ4v) is 3.55. The van der Waals surface area contributed by atoms with Gasteiger partial charge in [0, 0.05) is 18.9 Å². The van der Waals surface area contributed by atoms with Crippen molar-refractivity contribution in [3.8, 4) is 0 Å². The van der Waals surface area contributed by atoms with Gasteiger partial charge in [0.2, 0.25) is 5.95 Å². The van der Waals surface area contributed by atoms with Gasteiger partial charge >= 0.3 is 0 Å².